The molecule has 2 atom stereocenters. The van der Waals surface area contributed by atoms with Gasteiger partial charge in [-0.3, -0.25) is 5.32 Å². The van der Waals surface area contributed by atoms with Crippen molar-refractivity contribution in [1.82, 2.24) is 10.2 Å². The van der Waals surface area contributed by atoms with Gasteiger partial charge in [0.2, 0.25) is 0 Å². The summed E-state index contributed by atoms with van der Waals surface area (Å²) in [6, 6.07) is 3.30. The average molecular weight is 275 g/mol. The van der Waals surface area contributed by atoms with Crippen molar-refractivity contribution in [2.75, 3.05) is 19.6 Å². The van der Waals surface area contributed by atoms with E-state index in [2.05, 4.69) is 37.1 Å². The fraction of sp³-hybridized carbons (Fsp3) is 0.941. The molecule has 1 N–H and O–H groups in total. The summed E-state index contributed by atoms with van der Waals surface area (Å²) in [5, 5.41) is 13.5. The van der Waals surface area contributed by atoms with Crippen molar-refractivity contribution in [1.29, 1.82) is 5.26 Å². The molecule has 3 heteroatoms. The number of nitrogens with zero attached hydrogens (tertiary/aromatic N) is 2. The Hall–Kier alpha value is -0.590. The van der Waals surface area contributed by atoms with Crippen LogP contribution in [0.15, 0.2) is 0 Å². The minimum absolute atomic E-state index is 0.256. The standard InChI is InChI=1S/C17H29N3/c1-16(2,3)14-8-9-20(10-14)12-17(11-18,13-4-5-13)19-15-6-7-15/h13-15,19H,4-10,12H2,1-3H3. The largest absolute Gasteiger partial charge is 0.300 e. The quantitative estimate of drug-likeness (QED) is 0.838. The van der Waals surface area contributed by atoms with Crippen LogP contribution in [-0.2, 0) is 0 Å². The zero-order valence-corrected chi connectivity index (χ0v) is 13.3. The van der Waals surface area contributed by atoms with Gasteiger partial charge in [-0.2, -0.15) is 5.26 Å². The highest BCUT2D eigenvalue weighted by Crippen LogP contribution is 2.43. The van der Waals surface area contributed by atoms with E-state index in [0.29, 0.717) is 17.4 Å². The fourth-order valence-electron chi connectivity index (χ4n) is 3.66. The molecule has 0 aromatic rings. The monoisotopic (exact) mass is 275 g/mol. The van der Waals surface area contributed by atoms with Crippen LogP contribution in [0.25, 0.3) is 0 Å². The van der Waals surface area contributed by atoms with Crippen LogP contribution >= 0.6 is 0 Å². The first-order valence-electron chi connectivity index (χ1n) is 8.34. The summed E-state index contributed by atoms with van der Waals surface area (Å²) in [7, 11) is 0. The average Bonchev–Trinajstić information content (AvgIpc) is 3.27. The van der Waals surface area contributed by atoms with Gasteiger partial charge in [-0.1, -0.05) is 20.8 Å². The van der Waals surface area contributed by atoms with Crippen LogP contribution in [-0.4, -0.2) is 36.1 Å². The zero-order valence-electron chi connectivity index (χ0n) is 13.3. The highest BCUT2D eigenvalue weighted by molar-refractivity contribution is 5.19. The van der Waals surface area contributed by atoms with Crippen molar-refractivity contribution < 1.29 is 0 Å². The van der Waals surface area contributed by atoms with E-state index >= 15 is 0 Å². The summed E-state index contributed by atoms with van der Waals surface area (Å²) in [6.07, 6.45) is 6.30. The summed E-state index contributed by atoms with van der Waals surface area (Å²) in [4.78, 5) is 2.55. The maximum absolute atomic E-state index is 9.81. The van der Waals surface area contributed by atoms with Crippen molar-refractivity contribution in [2.24, 2.45) is 17.3 Å². The van der Waals surface area contributed by atoms with E-state index in [1.165, 1.54) is 45.2 Å². The molecule has 0 bridgehead atoms. The van der Waals surface area contributed by atoms with Crippen LogP contribution in [0.1, 0.15) is 52.9 Å². The Bertz CT molecular complexity index is 397. The van der Waals surface area contributed by atoms with Gasteiger partial charge in [-0.05, 0) is 55.9 Å². The Balaban J connectivity index is 1.64. The lowest BCUT2D eigenvalue weighted by Crippen LogP contribution is -2.55. The molecular weight excluding hydrogens is 246 g/mol. The number of rotatable bonds is 5. The molecule has 0 aromatic heterocycles. The molecule has 3 rings (SSSR count). The van der Waals surface area contributed by atoms with E-state index in [-0.39, 0.29) is 5.54 Å². The molecule has 2 aliphatic carbocycles. The molecule has 3 fully saturated rings. The molecule has 112 valence electrons. The summed E-state index contributed by atoms with van der Waals surface area (Å²) < 4.78 is 0. The van der Waals surface area contributed by atoms with Gasteiger partial charge < -0.3 is 4.90 Å². The fourth-order valence-corrected chi connectivity index (χ4v) is 3.66. The second kappa shape index (κ2) is 5.00. The predicted octanol–water partition coefficient (Wildman–Crippen LogP) is 2.78. The molecule has 1 aliphatic heterocycles. The van der Waals surface area contributed by atoms with Crippen molar-refractivity contribution in [2.45, 2.75) is 64.5 Å². The zero-order chi connectivity index (χ0) is 14.4. The summed E-state index contributed by atoms with van der Waals surface area (Å²) in [6.45, 7) is 10.3. The number of nitrogens with one attached hydrogen (secondary N) is 1. The molecule has 2 unspecified atom stereocenters. The van der Waals surface area contributed by atoms with E-state index in [4.69, 9.17) is 0 Å². The summed E-state index contributed by atoms with van der Waals surface area (Å²) in [5.41, 5.74) is 0.140. The topological polar surface area (TPSA) is 39.1 Å². The second-order valence-electron chi connectivity index (χ2n) is 8.36. The first-order chi connectivity index (χ1) is 9.43. The SMILES string of the molecule is CC(C)(C)C1CCN(CC(C#N)(NC2CC2)C2CC2)C1. The van der Waals surface area contributed by atoms with Gasteiger partial charge in [-0.25, -0.2) is 0 Å². The molecule has 1 heterocycles. The summed E-state index contributed by atoms with van der Waals surface area (Å²) in [5.74, 6) is 1.38. The highest BCUT2D eigenvalue weighted by Gasteiger charge is 2.49. The van der Waals surface area contributed by atoms with Gasteiger partial charge in [-0.15, -0.1) is 0 Å². The number of likely N-dealkylation sites (tertiary alicyclic amines) is 1. The first-order valence-corrected chi connectivity index (χ1v) is 8.34. The number of hydrogen-bond acceptors (Lipinski definition) is 3. The van der Waals surface area contributed by atoms with Crippen LogP contribution in [0.5, 0.6) is 0 Å². The smallest absolute Gasteiger partial charge is 0.122 e. The first kappa shape index (κ1) is 14.4. The van der Waals surface area contributed by atoms with Crippen LogP contribution in [0.3, 0.4) is 0 Å². The third-order valence-electron chi connectivity index (χ3n) is 5.48. The molecule has 0 radical (unpaired) electrons. The predicted molar refractivity (Wildman–Crippen MR) is 81.2 cm³/mol. The van der Waals surface area contributed by atoms with Gasteiger partial charge in [0.15, 0.2) is 0 Å². The Morgan fingerprint density at radius 3 is 2.25 bits per heavy atom. The van der Waals surface area contributed by atoms with Crippen LogP contribution in [0.4, 0.5) is 0 Å². The lowest BCUT2D eigenvalue weighted by molar-refractivity contribution is 0.193. The maximum atomic E-state index is 9.81. The second-order valence-corrected chi connectivity index (χ2v) is 8.36. The van der Waals surface area contributed by atoms with E-state index < -0.39 is 0 Å². The molecule has 3 nitrogen and oxygen atoms in total. The molecule has 0 amide bonds. The van der Waals surface area contributed by atoms with Gasteiger partial charge >= 0.3 is 0 Å². The highest BCUT2D eigenvalue weighted by atomic mass is 15.2. The minimum atomic E-state index is -0.256. The van der Waals surface area contributed by atoms with Gasteiger partial charge in [0, 0.05) is 19.1 Å². The van der Waals surface area contributed by atoms with E-state index in [9.17, 15) is 5.26 Å². The van der Waals surface area contributed by atoms with Crippen molar-refractivity contribution in [3.8, 4) is 6.07 Å². The van der Waals surface area contributed by atoms with Crippen molar-refractivity contribution in [3.63, 3.8) is 0 Å². The van der Waals surface area contributed by atoms with Crippen LogP contribution < -0.4 is 5.32 Å². The lowest BCUT2D eigenvalue weighted by atomic mass is 9.80. The number of nitriles is 1. The molecular formula is C17H29N3. The molecule has 1 saturated heterocycles. The third-order valence-corrected chi connectivity index (χ3v) is 5.48. The summed E-state index contributed by atoms with van der Waals surface area (Å²) >= 11 is 0. The van der Waals surface area contributed by atoms with Crippen molar-refractivity contribution >= 4 is 0 Å². The molecule has 0 spiro atoms. The molecule has 3 aliphatic rings. The maximum Gasteiger partial charge on any atom is 0.122 e. The Kier molecular flexibility index (Phi) is 3.59. The minimum Gasteiger partial charge on any atom is -0.300 e. The molecule has 20 heavy (non-hydrogen) atoms. The van der Waals surface area contributed by atoms with Crippen LogP contribution in [0.2, 0.25) is 0 Å². The van der Waals surface area contributed by atoms with Gasteiger partial charge in [0.1, 0.15) is 5.54 Å². The van der Waals surface area contributed by atoms with E-state index in [1.54, 1.807) is 0 Å². The van der Waals surface area contributed by atoms with E-state index in [0.717, 1.165) is 12.5 Å². The van der Waals surface area contributed by atoms with Crippen LogP contribution in [0, 0.1) is 28.6 Å². The Labute approximate surface area is 123 Å². The Morgan fingerprint density at radius 1 is 1.10 bits per heavy atom. The van der Waals surface area contributed by atoms with Crippen molar-refractivity contribution in [3.05, 3.63) is 0 Å². The normalized spacial score (nSPS) is 31.0. The van der Waals surface area contributed by atoms with Gasteiger partial charge in [0.05, 0.1) is 6.07 Å². The molecule has 2 saturated carbocycles. The Morgan fingerprint density at radius 2 is 1.80 bits per heavy atom. The molecule has 0 aromatic carbocycles. The number of hydrogen-bond donors (Lipinski definition) is 1. The van der Waals surface area contributed by atoms with Gasteiger partial charge in [0.25, 0.3) is 0 Å². The third kappa shape index (κ3) is 3.02. The van der Waals surface area contributed by atoms with E-state index in [1.807, 2.05) is 0 Å². The lowest BCUT2D eigenvalue weighted by Gasteiger charge is -2.33.